The number of carbonyl (C=O) groups is 1. The van der Waals surface area contributed by atoms with Crippen molar-refractivity contribution in [2.75, 3.05) is 11.9 Å². The smallest absolute Gasteiger partial charge is 0.339 e. The second kappa shape index (κ2) is 4.92. The monoisotopic (exact) mass is 249 g/mol. The molecule has 0 saturated heterocycles. The Balaban J connectivity index is 1.98. The molecule has 2 N–H and O–H groups in total. The summed E-state index contributed by atoms with van der Waals surface area (Å²) in [6, 6.07) is 0. The van der Waals surface area contributed by atoms with E-state index in [0.717, 1.165) is 6.54 Å². The van der Waals surface area contributed by atoms with Gasteiger partial charge in [-0.25, -0.2) is 14.8 Å². The van der Waals surface area contributed by atoms with Crippen LogP contribution < -0.4 is 5.32 Å². The minimum Gasteiger partial charge on any atom is -0.478 e. The number of hydrogen-bond acceptors (Lipinski definition) is 4. The Morgan fingerprint density at radius 2 is 2.28 bits per heavy atom. The van der Waals surface area contributed by atoms with Crippen molar-refractivity contribution in [1.29, 1.82) is 0 Å². The lowest BCUT2D eigenvalue weighted by atomic mass is 10.0. The first kappa shape index (κ1) is 12.8. The van der Waals surface area contributed by atoms with Crippen molar-refractivity contribution in [1.82, 2.24) is 9.97 Å². The Kier molecular flexibility index (Phi) is 3.50. The second-order valence-electron chi connectivity index (χ2n) is 5.10. The van der Waals surface area contributed by atoms with E-state index in [0.29, 0.717) is 17.1 Å². The quantitative estimate of drug-likeness (QED) is 0.810. The van der Waals surface area contributed by atoms with Crippen LogP contribution in [-0.4, -0.2) is 27.6 Å². The molecule has 1 aromatic rings. The number of aromatic nitrogens is 2. The summed E-state index contributed by atoms with van der Waals surface area (Å²) in [7, 11) is 0. The summed E-state index contributed by atoms with van der Waals surface area (Å²) in [4.78, 5) is 19.1. The second-order valence-corrected chi connectivity index (χ2v) is 5.10. The Morgan fingerprint density at radius 3 is 2.78 bits per heavy atom. The van der Waals surface area contributed by atoms with E-state index < -0.39 is 5.97 Å². The van der Waals surface area contributed by atoms with Crippen LogP contribution in [0.1, 0.15) is 48.7 Å². The van der Waals surface area contributed by atoms with E-state index in [4.69, 9.17) is 5.11 Å². The highest BCUT2D eigenvalue weighted by Crippen LogP contribution is 2.49. The van der Waals surface area contributed by atoms with Crippen molar-refractivity contribution < 1.29 is 9.90 Å². The van der Waals surface area contributed by atoms with Crippen molar-refractivity contribution in [3.8, 4) is 0 Å². The number of nitrogens with zero attached hydrogens (tertiary/aromatic N) is 2. The molecule has 1 aliphatic carbocycles. The fourth-order valence-electron chi connectivity index (χ4n) is 2.25. The van der Waals surface area contributed by atoms with Gasteiger partial charge in [0, 0.05) is 12.7 Å². The van der Waals surface area contributed by atoms with Gasteiger partial charge >= 0.3 is 5.97 Å². The molecule has 1 aromatic heterocycles. The third-order valence-electron chi connectivity index (χ3n) is 3.57. The van der Waals surface area contributed by atoms with E-state index >= 15 is 0 Å². The van der Waals surface area contributed by atoms with Gasteiger partial charge in [0.2, 0.25) is 5.95 Å². The third kappa shape index (κ3) is 2.78. The maximum atomic E-state index is 10.8. The van der Waals surface area contributed by atoms with Crippen LogP contribution in [0.4, 0.5) is 5.95 Å². The lowest BCUT2D eigenvalue weighted by Gasteiger charge is -2.15. The molecular weight excluding hydrogens is 230 g/mol. The minimum absolute atomic E-state index is 0.162. The molecule has 0 atom stereocenters. The number of anilines is 1. The van der Waals surface area contributed by atoms with Crippen LogP contribution in [0.2, 0.25) is 0 Å². The Hall–Kier alpha value is -1.65. The highest BCUT2D eigenvalue weighted by Gasteiger charge is 2.41. The number of aryl methyl sites for hydroxylation is 1. The topological polar surface area (TPSA) is 75.1 Å². The molecule has 0 aliphatic heterocycles. The van der Waals surface area contributed by atoms with E-state index in [1.54, 1.807) is 6.92 Å². The minimum atomic E-state index is -0.983. The van der Waals surface area contributed by atoms with Gasteiger partial charge in [-0.05, 0) is 31.6 Å². The van der Waals surface area contributed by atoms with Gasteiger partial charge in [-0.3, -0.25) is 0 Å². The van der Waals surface area contributed by atoms with Crippen LogP contribution >= 0.6 is 0 Å². The fourth-order valence-corrected chi connectivity index (χ4v) is 2.25. The average molecular weight is 249 g/mol. The van der Waals surface area contributed by atoms with Gasteiger partial charge in [-0.2, -0.15) is 0 Å². The molecule has 0 radical (unpaired) electrons. The van der Waals surface area contributed by atoms with E-state index in [-0.39, 0.29) is 5.56 Å². The highest BCUT2D eigenvalue weighted by molar-refractivity contribution is 5.88. The Morgan fingerprint density at radius 1 is 1.56 bits per heavy atom. The Labute approximate surface area is 107 Å². The van der Waals surface area contributed by atoms with Crippen LogP contribution in [0.25, 0.3) is 0 Å². The van der Waals surface area contributed by atoms with Gasteiger partial charge in [-0.1, -0.05) is 13.3 Å². The number of rotatable bonds is 6. The number of carboxylic acids is 1. The largest absolute Gasteiger partial charge is 0.478 e. The van der Waals surface area contributed by atoms with Crippen LogP contribution in [0.15, 0.2) is 6.20 Å². The fraction of sp³-hybridized carbons (Fsp3) is 0.615. The molecule has 5 heteroatoms. The highest BCUT2D eigenvalue weighted by atomic mass is 16.4. The molecule has 0 aromatic carbocycles. The van der Waals surface area contributed by atoms with Gasteiger partial charge < -0.3 is 10.4 Å². The zero-order valence-corrected chi connectivity index (χ0v) is 10.9. The third-order valence-corrected chi connectivity index (χ3v) is 3.57. The van der Waals surface area contributed by atoms with E-state index in [1.807, 2.05) is 0 Å². The molecule has 0 spiro atoms. The first-order valence-corrected chi connectivity index (χ1v) is 6.37. The van der Waals surface area contributed by atoms with Crippen molar-refractivity contribution in [3.63, 3.8) is 0 Å². The lowest BCUT2D eigenvalue weighted by Crippen LogP contribution is -2.17. The molecule has 18 heavy (non-hydrogen) atoms. The SMILES string of the molecule is CCCC1(CNc2ncc(C(=O)O)c(C)n2)CC1. The summed E-state index contributed by atoms with van der Waals surface area (Å²) in [6.07, 6.45) is 6.32. The van der Waals surface area contributed by atoms with E-state index in [2.05, 4.69) is 22.2 Å². The van der Waals surface area contributed by atoms with Crippen LogP contribution in [0, 0.1) is 12.3 Å². The van der Waals surface area contributed by atoms with Crippen molar-refractivity contribution >= 4 is 11.9 Å². The molecule has 1 saturated carbocycles. The summed E-state index contributed by atoms with van der Waals surface area (Å²) >= 11 is 0. The summed E-state index contributed by atoms with van der Waals surface area (Å²) in [5.41, 5.74) is 1.09. The predicted molar refractivity (Wildman–Crippen MR) is 68.8 cm³/mol. The van der Waals surface area contributed by atoms with Crippen LogP contribution in [0.5, 0.6) is 0 Å². The molecule has 2 rings (SSSR count). The molecule has 0 unspecified atom stereocenters. The van der Waals surface area contributed by atoms with Crippen LogP contribution in [-0.2, 0) is 0 Å². The summed E-state index contributed by atoms with van der Waals surface area (Å²) in [6.45, 7) is 4.77. The van der Waals surface area contributed by atoms with Gasteiger partial charge in [0.25, 0.3) is 0 Å². The first-order chi connectivity index (χ1) is 8.56. The van der Waals surface area contributed by atoms with Gasteiger partial charge in [-0.15, -0.1) is 0 Å². The van der Waals surface area contributed by atoms with E-state index in [9.17, 15) is 4.79 Å². The summed E-state index contributed by atoms with van der Waals surface area (Å²) in [5, 5.41) is 12.1. The van der Waals surface area contributed by atoms with Crippen molar-refractivity contribution in [2.45, 2.75) is 39.5 Å². The maximum Gasteiger partial charge on any atom is 0.339 e. The zero-order chi connectivity index (χ0) is 13.2. The Bertz CT molecular complexity index is 456. The average Bonchev–Trinajstić information content (AvgIpc) is 3.07. The number of aromatic carboxylic acids is 1. The lowest BCUT2D eigenvalue weighted by molar-refractivity contribution is 0.0695. The molecule has 1 aliphatic rings. The maximum absolute atomic E-state index is 10.8. The van der Waals surface area contributed by atoms with Gasteiger partial charge in [0.15, 0.2) is 0 Å². The van der Waals surface area contributed by atoms with Crippen molar-refractivity contribution in [2.24, 2.45) is 5.41 Å². The molecule has 0 bridgehead atoms. The molecule has 98 valence electrons. The standard InChI is InChI=1S/C13H19N3O2/c1-3-4-13(5-6-13)8-15-12-14-7-10(11(17)18)9(2)16-12/h7H,3-6,8H2,1-2H3,(H,17,18)(H,14,15,16). The normalized spacial score (nSPS) is 16.3. The molecule has 5 nitrogen and oxygen atoms in total. The number of nitrogens with one attached hydrogen (secondary N) is 1. The number of hydrogen-bond donors (Lipinski definition) is 2. The molecule has 1 fully saturated rings. The zero-order valence-electron chi connectivity index (χ0n) is 10.9. The van der Waals surface area contributed by atoms with E-state index in [1.165, 1.54) is 31.9 Å². The molecule has 1 heterocycles. The predicted octanol–water partition coefficient (Wildman–Crippen LogP) is 2.48. The van der Waals surface area contributed by atoms with Gasteiger partial charge in [0.1, 0.15) is 0 Å². The first-order valence-electron chi connectivity index (χ1n) is 6.37. The number of carboxylic acid groups (broad SMARTS) is 1. The van der Waals surface area contributed by atoms with Crippen molar-refractivity contribution in [3.05, 3.63) is 17.5 Å². The summed E-state index contributed by atoms with van der Waals surface area (Å²) < 4.78 is 0. The molecule has 0 amide bonds. The molecular formula is C13H19N3O2. The summed E-state index contributed by atoms with van der Waals surface area (Å²) in [5.74, 6) is -0.455. The van der Waals surface area contributed by atoms with Gasteiger partial charge in [0.05, 0.1) is 11.3 Å². The van der Waals surface area contributed by atoms with Crippen LogP contribution in [0.3, 0.4) is 0 Å².